The van der Waals surface area contributed by atoms with Gasteiger partial charge in [0.15, 0.2) is 0 Å². The molecule has 4 heteroatoms. The Morgan fingerprint density at radius 1 is 1.35 bits per heavy atom. The molecule has 1 heterocycles. The summed E-state index contributed by atoms with van der Waals surface area (Å²) in [5, 5.41) is 2.97. The van der Waals surface area contributed by atoms with Gasteiger partial charge >= 0.3 is 0 Å². The second-order valence-electron chi connectivity index (χ2n) is 5.60. The normalized spacial score (nSPS) is 25.6. The molecule has 0 aromatic carbocycles. The monoisotopic (exact) mass is 241 g/mol. The fraction of sp³-hybridized carbons (Fsp3) is 0.923. The van der Waals surface area contributed by atoms with Crippen molar-refractivity contribution in [1.82, 2.24) is 10.2 Å². The smallest absolute Gasteiger partial charge is 0.237 e. The zero-order valence-electron chi connectivity index (χ0n) is 11.6. The molecule has 0 saturated carbocycles. The van der Waals surface area contributed by atoms with Crippen molar-refractivity contribution in [3.05, 3.63) is 0 Å². The van der Waals surface area contributed by atoms with Crippen LogP contribution in [-0.2, 0) is 4.79 Å². The van der Waals surface area contributed by atoms with E-state index in [1.165, 1.54) is 6.42 Å². The maximum absolute atomic E-state index is 11.9. The Hall–Kier alpha value is -0.610. The van der Waals surface area contributed by atoms with Crippen molar-refractivity contribution >= 4 is 5.91 Å². The summed E-state index contributed by atoms with van der Waals surface area (Å²) in [6.45, 7) is 9.99. The molecule has 1 amide bonds. The highest BCUT2D eigenvalue weighted by Gasteiger charge is 2.28. The highest BCUT2D eigenvalue weighted by Crippen LogP contribution is 2.20. The Balaban J connectivity index is 2.51. The number of likely N-dealkylation sites (tertiary alicyclic amines) is 1. The van der Waals surface area contributed by atoms with Crippen LogP contribution in [0.1, 0.15) is 40.5 Å². The molecule has 0 aliphatic carbocycles. The molecule has 1 aliphatic heterocycles. The van der Waals surface area contributed by atoms with Crippen molar-refractivity contribution in [3.8, 4) is 0 Å². The number of nitrogens with two attached hydrogens (primary N) is 1. The summed E-state index contributed by atoms with van der Waals surface area (Å²) in [5.74, 6) is 0.656. The van der Waals surface area contributed by atoms with Gasteiger partial charge in [-0.1, -0.05) is 0 Å². The first-order valence-electron chi connectivity index (χ1n) is 6.71. The minimum Gasteiger partial charge on any atom is -0.353 e. The van der Waals surface area contributed by atoms with Crippen LogP contribution in [-0.4, -0.2) is 42.0 Å². The fourth-order valence-corrected chi connectivity index (χ4v) is 2.39. The van der Waals surface area contributed by atoms with Gasteiger partial charge in [0.05, 0.1) is 6.04 Å². The molecule has 4 nitrogen and oxygen atoms in total. The van der Waals surface area contributed by atoms with Crippen molar-refractivity contribution in [2.75, 3.05) is 13.1 Å². The van der Waals surface area contributed by atoms with Gasteiger partial charge in [0.25, 0.3) is 0 Å². The molecule has 1 rings (SSSR count). The number of rotatable bonds is 4. The summed E-state index contributed by atoms with van der Waals surface area (Å²) in [6.07, 6.45) is 2.33. The number of amides is 1. The summed E-state index contributed by atoms with van der Waals surface area (Å²) < 4.78 is 0. The molecule has 1 aliphatic rings. The van der Waals surface area contributed by atoms with Crippen LogP contribution in [0.15, 0.2) is 0 Å². The fourth-order valence-electron chi connectivity index (χ4n) is 2.39. The van der Waals surface area contributed by atoms with Gasteiger partial charge in [0.2, 0.25) is 5.91 Å². The van der Waals surface area contributed by atoms with E-state index in [0.717, 1.165) is 19.5 Å². The minimum atomic E-state index is -0.0426. The third-order valence-corrected chi connectivity index (χ3v) is 3.59. The zero-order valence-corrected chi connectivity index (χ0v) is 11.6. The van der Waals surface area contributed by atoms with E-state index < -0.39 is 0 Å². The molecule has 1 saturated heterocycles. The molecule has 17 heavy (non-hydrogen) atoms. The van der Waals surface area contributed by atoms with Crippen LogP contribution in [0.25, 0.3) is 0 Å². The third kappa shape index (κ3) is 4.28. The lowest BCUT2D eigenvalue weighted by molar-refractivity contribution is -0.127. The van der Waals surface area contributed by atoms with E-state index in [4.69, 9.17) is 5.73 Å². The van der Waals surface area contributed by atoms with Crippen molar-refractivity contribution in [3.63, 3.8) is 0 Å². The Morgan fingerprint density at radius 2 is 2.00 bits per heavy atom. The Labute approximate surface area is 105 Å². The predicted octanol–water partition coefficient (Wildman–Crippen LogP) is 0.959. The van der Waals surface area contributed by atoms with Crippen molar-refractivity contribution in [1.29, 1.82) is 0 Å². The lowest BCUT2D eigenvalue weighted by Gasteiger charge is -2.37. The molecular weight excluding hydrogens is 214 g/mol. The first-order valence-corrected chi connectivity index (χ1v) is 6.71. The lowest BCUT2D eigenvalue weighted by atomic mass is 9.91. The van der Waals surface area contributed by atoms with E-state index in [9.17, 15) is 4.79 Å². The van der Waals surface area contributed by atoms with Gasteiger partial charge in [-0.2, -0.15) is 0 Å². The molecule has 3 atom stereocenters. The molecule has 0 radical (unpaired) electrons. The van der Waals surface area contributed by atoms with Crippen molar-refractivity contribution in [2.45, 2.75) is 58.7 Å². The standard InChI is InChI=1S/C13H27N3O/c1-9(2)15-13(17)11(4)16-7-5-6-12(8-16)10(3)14/h9-12H,5-8,14H2,1-4H3,(H,15,17). The molecule has 0 aromatic rings. The van der Waals surface area contributed by atoms with Gasteiger partial charge in [0, 0.05) is 18.6 Å². The molecule has 0 bridgehead atoms. The van der Waals surface area contributed by atoms with Crippen LogP contribution in [0.3, 0.4) is 0 Å². The van der Waals surface area contributed by atoms with Crippen LogP contribution < -0.4 is 11.1 Å². The van der Waals surface area contributed by atoms with E-state index in [0.29, 0.717) is 5.92 Å². The summed E-state index contributed by atoms with van der Waals surface area (Å²) in [4.78, 5) is 14.2. The number of hydrogen-bond acceptors (Lipinski definition) is 3. The lowest BCUT2D eigenvalue weighted by Crippen LogP contribution is -2.52. The molecule has 100 valence electrons. The number of hydrogen-bond donors (Lipinski definition) is 2. The number of carbonyl (C=O) groups is 1. The van der Waals surface area contributed by atoms with E-state index in [-0.39, 0.29) is 24.0 Å². The quantitative estimate of drug-likeness (QED) is 0.771. The van der Waals surface area contributed by atoms with Gasteiger partial charge in [-0.25, -0.2) is 0 Å². The van der Waals surface area contributed by atoms with E-state index >= 15 is 0 Å². The first-order chi connectivity index (χ1) is 7.91. The topological polar surface area (TPSA) is 58.4 Å². The average molecular weight is 241 g/mol. The SMILES string of the molecule is CC(C)NC(=O)C(C)N1CCCC(C(C)N)C1. The van der Waals surface area contributed by atoms with Gasteiger partial charge in [-0.15, -0.1) is 0 Å². The average Bonchev–Trinajstić information content (AvgIpc) is 2.27. The van der Waals surface area contributed by atoms with E-state index in [1.807, 2.05) is 20.8 Å². The van der Waals surface area contributed by atoms with Gasteiger partial charge < -0.3 is 11.1 Å². The van der Waals surface area contributed by atoms with Crippen molar-refractivity contribution in [2.24, 2.45) is 11.7 Å². The summed E-state index contributed by atoms with van der Waals surface area (Å²) in [7, 11) is 0. The summed E-state index contributed by atoms with van der Waals surface area (Å²) in [6, 6.07) is 0.385. The highest BCUT2D eigenvalue weighted by atomic mass is 16.2. The van der Waals surface area contributed by atoms with Crippen LogP contribution in [0.4, 0.5) is 0 Å². The highest BCUT2D eigenvalue weighted by molar-refractivity contribution is 5.81. The molecule has 0 aromatic heterocycles. The Kier molecular flexibility index (Phi) is 5.40. The Bertz CT molecular complexity index is 253. The maximum atomic E-state index is 11.9. The van der Waals surface area contributed by atoms with E-state index in [1.54, 1.807) is 0 Å². The van der Waals surface area contributed by atoms with Gasteiger partial charge in [-0.3, -0.25) is 9.69 Å². The molecular formula is C13H27N3O. The number of nitrogens with zero attached hydrogens (tertiary/aromatic N) is 1. The summed E-state index contributed by atoms with van der Waals surface area (Å²) >= 11 is 0. The van der Waals surface area contributed by atoms with Gasteiger partial charge in [-0.05, 0) is 53.0 Å². The first kappa shape index (κ1) is 14.5. The van der Waals surface area contributed by atoms with Crippen molar-refractivity contribution < 1.29 is 4.79 Å². The van der Waals surface area contributed by atoms with Crippen LogP contribution >= 0.6 is 0 Å². The maximum Gasteiger partial charge on any atom is 0.237 e. The third-order valence-electron chi connectivity index (χ3n) is 3.59. The second kappa shape index (κ2) is 6.36. The minimum absolute atomic E-state index is 0.0426. The van der Waals surface area contributed by atoms with Crippen LogP contribution in [0, 0.1) is 5.92 Å². The largest absolute Gasteiger partial charge is 0.353 e. The van der Waals surface area contributed by atoms with Gasteiger partial charge in [0.1, 0.15) is 0 Å². The molecule has 1 fully saturated rings. The van der Waals surface area contributed by atoms with Crippen LogP contribution in [0.2, 0.25) is 0 Å². The van der Waals surface area contributed by atoms with Crippen LogP contribution in [0.5, 0.6) is 0 Å². The predicted molar refractivity (Wildman–Crippen MR) is 70.7 cm³/mol. The second-order valence-corrected chi connectivity index (χ2v) is 5.60. The summed E-state index contributed by atoms with van der Waals surface area (Å²) in [5.41, 5.74) is 5.96. The molecule has 0 spiro atoms. The van der Waals surface area contributed by atoms with E-state index in [2.05, 4.69) is 17.1 Å². The number of piperidine rings is 1. The number of nitrogens with one attached hydrogen (secondary N) is 1. The number of carbonyl (C=O) groups excluding carboxylic acids is 1. The Morgan fingerprint density at radius 3 is 2.53 bits per heavy atom. The molecule has 3 unspecified atom stereocenters. The molecule has 3 N–H and O–H groups in total. The zero-order chi connectivity index (χ0) is 13.0.